The van der Waals surface area contributed by atoms with Gasteiger partial charge >= 0.3 is 0 Å². The minimum absolute atomic E-state index is 0.217. The minimum Gasteiger partial charge on any atom is -0.300 e. The fourth-order valence-corrected chi connectivity index (χ4v) is 2.90. The molecule has 22 heavy (non-hydrogen) atoms. The predicted molar refractivity (Wildman–Crippen MR) is 88.7 cm³/mol. The molecule has 0 atom stereocenters. The third-order valence-electron chi connectivity index (χ3n) is 2.85. The first-order chi connectivity index (χ1) is 10.6. The van der Waals surface area contributed by atoms with E-state index in [0.717, 1.165) is 5.56 Å². The normalized spacial score (nSPS) is 18.0. The van der Waals surface area contributed by atoms with Gasteiger partial charge in [-0.1, -0.05) is 23.7 Å². The van der Waals surface area contributed by atoms with Gasteiger partial charge in [-0.05, 0) is 59.8 Å². The largest absolute Gasteiger partial charge is 0.300 e. The number of hydrogen-bond acceptors (Lipinski definition) is 3. The van der Waals surface area contributed by atoms with Gasteiger partial charge in [0.15, 0.2) is 5.17 Å². The zero-order chi connectivity index (χ0) is 15.5. The van der Waals surface area contributed by atoms with Gasteiger partial charge in [-0.15, -0.1) is 0 Å². The van der Waals surface area contributed by atoms with Crippen LogP contribution in [0.5, 0.6) is 0 Å². The van der Waals surface area contributed by atoms with Crippen LogP contribution in [0.1, 0.15) is 5.56 Å². The van der Waals surface area contributed by atoms with Crippen molar-refractivity contribution in [2.75, 3.05) is 0 Å². The van der Waals surface area contributed by atoms with E-state index in [1.807, 2.05) is 12.1 Å². The molecule has 1 aliphatic heterocycles. The first-order valence-electron chi connectivity index (χ1n) is 6.41. The number of hydrogen-bond donors (Lipinski definition) is 1. The molecule has 0 radical (unpaired) electrons. The fraction of sp³-hybridized carbons (Fsp3) is 0. The van der Waals surface area contributed by atoms with E-state index < -0.39 is 0 Å². The van der Waals surface area contributed by atoms with Gasteiger partial charge in [0, 0.05) is 5.02 Å². The molecule has 0 aliphatic carbocycles. The Hall–Kier alpha value is -2.11. The zero-order valence-corrected chi connectivity index (χ0v) is 12.8. The molecular formula is C16H10ClFN2OS. The van der Waals surface area contributed by atoms with Gasteiger partial charge in [-0.2, -0.15) is 0 Å². The van der Waals surface area contributed by atoms with Crippen molar-refractivity contribution in [3.63, 3.8) is 0 Å². The van der Waals surface area contributed by atoms with E-state index in [-0.39, 0.29) is 11.7 Å². The Morgan fingerprint density at radius 3 is 2.68 bits per heavy atom. The average molecular weight is 333 g/mol. The Bertz CT molecular complexity index is 787. The molecule has 1 N–H and O–H groups in total. The number of rotatable bonds is 2. The monoisotopic (exact) mass is 332 g/mol. The van der Waals surface area contributed by atoms with Gasteiger partial charge in [0.1, 0.15) is 5.82 Å². The van der Waals surface area contributed by atoms with Crippen molar-refractivity contribution >= 4 is 46.2 Å². The zero-order valence-electron chi connectivity index (χ0n) is 11.2. The van der Waals surface area contributed by atoms with E-state index >= 15 is 0 Å². The fourth-order valence-electron chi connectivity index (χ4n) is 1.86. The van der Waals surface area contributed by atoms with Gasteiger partial charge in [-0.3, -0.25) is 4.79 Å². The lowest BCUT2D eigenvalue weighted by molar-refractivity contribution is -0.115. The Morgan fingerprint density at radius 1 is 1.18 bits per heavy atom. The first-order valence-corrected chi connectivity index (χ1v) is 7.60. The number of amides is 1. The van der Waals surface area contributed by atoms with Crippen molar-refractivity contribution in [2.45, 2.75) is 0 Å². The average Bonchev–Trinajstić information content (AvgIpc) is 2.81. The highest BCUT2D eigenvalue weighted by Crippen LogP contribution is 2.28. The van der Waals surface area contributed by atoms with Crippen molar-refractivity contribution in [1.82, 2.24) is 5.32 Å². The molecule has 0 unspecified atom stereocenters. The third-order valence-corrected chi connectivity index (χ3v) is 4.00. The summed E-state index contributed by atoms with van der Waals surface area (Å²) < 4.78 is 12.9. The van der Waals surface area contributed by atoms with Crippen LogP contribution in [-0.4, -0.2) is 11.1 Å². The number of carbonyl (C=O) groups is 1. The lowest BCUT2D eigenvalue weighted by Gasteiger charge is -1.96. The molecule has 0 bridgehead atoms. The number of nitrogens with one attached hydrogen (secondary N) is 1. The van der Waals surface area contributed by atoms with Gasteiger partial charge in [0.25, 0.3) is 5.91 Å². The second kappa shape index (κ2) is 6.34. The minimum atomic E-state index is -0.325. The van der Waals surface area contributed by atoms with Crippen LogP contribution in [0.3, 0.4) is 0 Å². The Morgan fingerprint density at radius 2 is 1.95 bits per heavy atom. The molecule has 1 amide bonds. The first kappa shape index (κ1) is 14.8. The van der Waals surface area contributed by atoms with Gasteiger partial charge in [-0.25, -0.2) is 9.38 Å². The maximum atomic E-state index is 12.9. The summed E-state index contributed by atoms with van der Waals surface area (Å²) in [5.74, 6) is -0.542. The van der Waals surface area contributed by atoms with E-state index in [4.69, 9.17) is 11.6 Å². The number of nitrogens with zero attached hydrogens (tertiary/aromatic N) is 1. The highest BCUT2D eigenvalue weighted by molar-refractivity contribution is 8.18. The lowest BCUT2D eigenvalue weighted by Crippen LogP contribution is -2.19. The third kappa shape index (κ3) is 3.55. The molecule has 2 aromatic rings. The van der Waals surface area contributed by atoms with Crippen molar-refractivity contribution < 1.29 is 9.18 Å². The van der Waals surface area contributed by atoms with E-state index in [1.54, 1.807) is 30.3 Å². The second-order valence-electron chi connectivity index (χ2n) is 4.51. The molecule has 1 fully saturated rings. The number of benzene rings is 2. The topological polar surface area (TPSA) is 41.5 Å². The Labute approximate surface area is 135 Å². The summed E-state index contributed by atoms with van der Waals surface area (Å²) in [5.41, 5.74) is 1.42. The quantitative estimate of drug-likeness (QED) is 0.830. The van der Waals surface area contributed by atoms with Crippen LogP contribution in [-0.2, 0) is 4.79 Å². The molecule has 1 heterocycles. The number of amidine groups is 1. The van der Waals surface area contributed by atoms with Crippen molar-refractivity contribution in [1.29, 1.82) is 0 Å². The maximum Gasteiger partial charge on any atom is 0.264 e. The SMILES string of the molecule is O=C1NC(=Nc2ccc(F)cc2)S/C1=C/c1cccc(Cl)c1. The molecule has 1 saturated heterocycles. The van der Waals surface area contributed by atoms with E-state index in [9.17, 15) is 9.18 Å². The van der Waals surface area contributed by atoms with Gasteiger partial charge in [0.05, 0.1) is 10.6 Å². The summed E-state index contributed by atoms with van der Waals surface area (Å²) >= 11 is 7.16. The van der Waals surface area contributed by atoms with Crippen molar-refractivity contribution in [2.24, 2.45) is 4.99 Å². The van der Waals surface area contributed by atoms with Crippen molar-refractivity contribution in [3.05, 3.63) is 69.8 Å². The van der Waals surface area contributed by atoms with Crippen LogP contribution in [0.15, 0.2) is 58.4 Å². The number of aliphatic imine (C=N–C) groups is 1. The van der Waals surface area contributed by atoms with Crippen LogP contribution in [0.4, 0.5) is 10.1 Å². The molecule has 0 spiro atoms. The summed E-state index contributed by atoms with van der Waals surface area (Å²) in [6.45, 7) is 0. The van der Waals surface area contributed by atoms with Crippen molar-refractivity contribution in [3.8, 4) is 0 Å². The molecule has 0 aromatic heterocycles. The van der Waals surface area contributed by atoms with Crippen LogP contribution < -0.4 is 5.32 Å². The Balaban J connectivity index is 1.82. The molecule has 3 rings (SSSR count). The van der Waals surface area contributed by atoms with E-state index in [0.29, 0.717) is 20.8 Å². The summed E-state index contributed by atoms with van der Waals surface area (Å²) in [4.78, 5) is 16.7. The molecule has 2 aromatic carbocycles. The highest BCUT2D eigenvalue weighted by atomic mass is 35.5. The van der Waals surface area contributed by atoms with Crippen LogP contribution in [0.2, 0.25) is 5.02 Å². The molecule has 3 nitrogen and oxygen atoms in total. The number of carbonyl (C=O) groups excluding carboxylic acids is 1. The molecule has 1 aliphatic rings. The molecular weight excluding hydrogens is 323 g/mol. The maximum absolute atomic E-state index is 12.9. The summed E-state index contributed by atoms with van der Waals surface area (Å²) in [6.07, 6.45) is 1.75. The van der Waals surface area contributed by atoms with Gasteiger partial charge in [0.2, 0.25) is 0 Å². The summed E-state index contributed by atoms with van der Waals surface area (Å²) in [6, 6.07) is 13.0. The summed E-state index contributed by atoms with van der Waals surface area (Å²) in [5, 5.41) is 3.75. The molecule has 0 saturated carbocycles. The number of thioether (sulfide) groups is 1. The van der Waals surface area contributed by atoms with Crippen LogP contribution >= 0.6 is 23.4 Å². The van der Waals surface area contributed by atoms with Crippen LogP contribution in [0, 0.1) is 5.82 Å². The Kier molecular flexibility index (Phi) is 4.27. The second-order valence-corrected chi connectivity index (χ2v) is 5.98. The predicted octanol–water partition coefficient (Wildman–Crippen LogP) is 4.37. The van der Waals surface area contributed by atoms with Crippen LogP contribution in [0.25, 0.3) is 6.08 Å². The van der Waals surface area contributed by atoms with Gasteiger partial charge < -0.3 is 5.32 Å². The molecule has 6 heteroatoms. The standard InChI is InChI=1S/C16H10ClFN2OS/c17-11-3-1-2-10(8-11)9-14-15(21)20-16(22-14)19-13-6-4-12(18)5-7-13/h1-9H,(H,19,20,21)/b14-9+. The number of halogens is 2. The lowest BCUT2D eigenvalue weighted by atomic mass is 10.2. The summed E-state index contributed by atoms with van der Waals surface area (Å²) in [7, 11) is 0. The smallest absolute Gasteiger partial charge is 0.264 e. The highest BCUT2D eigenvalue weighted by Gasteiger charge is 2.23. The molecule has 110 valence electrons. The van der Waals surface area contributed by atoms with E-state index in [1.165, 1.54) is 23.9 Å². The van der Waals surface area contributed by atoms with E-state index in [2.05, 4.69) is 10.3 Å².